The van der Waals surface area contributed by atoms with Gasteiger partial charge < -0.3 is 19.7 Å². The standard InChI is InChI=1S/C22H27FN2O4S.C18H20ClNO4S.C4H8FN/c1-29-22(26)19-10-8-18(9-11-19)16-25(21-6-3-2-4-7-21)30(27,28)15-5-13-24-14-12-20(23)17-24;1-24-18(21)16-10-8-15(9-11-16)14-20(17-6-3-2-4-7-17)25(22,23)13-5-12-19;5-4-1-2-6-3-4/h2-4,6-11,20H,5,12-17H2,1H3;2-4,6-11H,5,12-14H2,1H3;4,6H,1-3H2/t20-;;4-/m0.0/s1. The number of methoxy groups -OCH3 is 2. The van der Waals surface area contributed by atoms with Gasteiger partial charge in [-0.25, -0.2) is 35.2 Å². The number of likely N-dealkylation sites (tertiary alicyclic amines) is 1. The van der Waals surface area contributed by atoms with Crippen LogP contribution in [-0.2, 0) is 42.6 Å². The smallest absolute Gasteiger partial charge is 0.337 e. The normalized spacial score (nSPS) is 16.3. The second-order valence-electron chi connectivity index (χ2n) is 14.4. The molecule has 12 nitrogen and oxygen atoms in total. The average molecular weight is 906 g/mol. The molecule has 2 atom stereocenters. The molecular weight excluding hydrogens is 850 g/mol. The summed E-state index contributed by atoms with van der Waals surface area (Å²) in [6, 6.07) is 31.2. The lowest BCUT2D eigenvalue weighted by atomic mass is 10.1. The molecule has 0 aromatic heterocycles. The second-order valence-corrected chi connectivity index (χ2v) is 18.8. The first-order valence-electron chi connectivity index (χ1n) is 20.0. The zero-order valence-electron chi connectivity index (χ0n) is 34.5. The number of sulfonamides is 2. The van der Waals surface area contributed by atoms with Crippen LogP contribution in [-0.4, -0.2) is 110 Å². The Morgan fingerprint density at radius 1 is 0.689 bits per heavy atom. The van der Waals surface area contributed by atoms with Gasteiger partial charge in [0.05, 0.1) is 61.3 Å². The van der Waals surface area contributed by atoms with Crippen molar-refractivity contribution in [2.24, 2.45) is 0 Å². The Balaban J connectivity index is 0.000000239. The van der Waals surface area contributed by atoms with Crippen molar-refractivity contribution in [2.75, 3.05) is 72.9 Å². The molecule has 0 aliphatic carbocycles. The predicted octanol–water partition coefficient (Wildman–Crippen LogP) is 7.00. The number of benzene rings is 4. The summed E-state index contributed by atoms with van der Waals surface area (Å²) in [5.41, 5.74) is 3.53. The molecule has 2 heterocycles. The van der Waals surface area contributed by atoms with Gasteiger partial charge in [-0.15, -0.1) is 11.6 Å². The van der Waals surface area contributed by atoms with Crippen molar-refractivity contribution < 1.29 is 44.7 Å². The molecule has 0 unspecified atom stereocenters. The Labute approximate surface area is 363 Å². The van der Waals surface area contributed by atoms with Crippen LogP contribution in [0.5, 0.6) is 0 Å². The third-order valence-corrected chi connectivity index (χ3v) is 13.7. The molecule has 2 aliphatic heterocycles. The highest BCUT2D eigenvalue weighted by molar-refractivity contribution is 7.93. The van der Waals surface area contributed by atoms with Gasteiger partial charge in [-0.3, -0.25) is 8.61 Å². The predicted molar refractivity (Wildman–Crippen MR) is 237 cm³/mol. The molecule has 2 aliphatic rings. The summed E-state index contributed by atoms with van der Waals surface area (Å²) in [5.74, 6) is -0.621. The second kappa shape index (κ2) is 24.7. The number of esters is 2. The van der Waals surface area contributed by atoms with Gasteiger partial charge >= 0.3 is 11.9 Å². The van der Waals surface area contributed by atoms with E-state index in [-0.39, 0.29) is 30.5 Å². The zero-order valence-corrected chi connectivity index (χ0v) is 36.9. The van der Waals surface area contributed by atoms with Crippen LogP contribution in [0.2, 0.25) is 0 Å². The van der Waals surface area contributed by atoms with Gasteiger partial charge in [0.15, 0.2) is 0 Å². The van der Waals surface area contributed by atoms with Crippen LogP contribution in [0.25, 0.3) is 0 Å². The number of para-hydroxylation sites is 2. The van der Waals surface area contributed by atoms with Crippen LogP contribution in [0.3, 0.4) is 0 Å². The van der Waals surface area contributed by atoms with Crippen LogP contribution >= 0.6 is 11.6 Å². The minimum absolute atomic E-state index is 0.0183. The molecule has 0 bridgehead atoms. The summed E-state index contributed by atoms with van der Waals surface area (Å²) in [7, 11) is -4.47. The van der Waals surface area contributed by atoms with E-state index < -0.39 is 44.3 Å². The van der Waals surface area contributed by atoms with E-state index in [0.717, 1.165) is 17.7 Å². The van der Waals surface area contributed by atoms with E-state index in [0.29, 0.717) is 74.4 Å². The fourth-order valence-corrected chi connectivity index (χ4v) is 9.80. The van der Waals surface area contributed by atoms with E-state index in [1.807, 2.05) is 17.0 Å². The van der Waals surface area contributed by atoms with Crippen molar-refractivity contribution >= 4 is 55.0 Å². The topological polar surface area (TPSA) is 143 Å². The molecule has 0 spiro atoms. The van der Waals surface area contributed by atoms with E-state index in [9.17, 15) is 35.2 Å². The Bertz CT molecular complexity index is 2150. The van der Waals surface area contributed by atoms with Gasteiger partial charge in [0, 0.05) is 25.5 Å². The van der Waals surface area contributed by atoms with Gasteiger partial charge in [-0.2, -0.15) is 0 Å². The number of nitrogens with one attached hydrogen (secondary N) is 1. The maximum atomic E-state index is 13.3. The average Bonchev–Trinajstić information content (AvgIpc) is 3.94. The van der Waals surface area contributed by atoms with Gasteiger partial charge in [0.2, 0.25) is 20.0 Å². The summed E-state index contributed by atoms with van der Waals surface area (Å²) in [6.45, 7) is 3.39. The fourth-order valence-electron chi connectivity index (χ4n) is 6.48. The quantitative estimate of drug-likeness (QED) is 0.0870. The van der Waals surface area contributed by atoms with Gasteiger partial charge in [0.25, 0.3) is 0 Å². The van der Waals surface area contributed by atoms with E-state index in [1.165, 1.54) is 22.8 Å². The maximum absolute atomic E-state index is 13.3. The number of rotatable bonds is 17. The molecule has 17 heteroatoms. The van der Waals surface area contributed by atoms with Crippen LogP contribution in [0.15, 0.2) is 109 Å². The number of carbonyl (C=O) groups is 2. The van der Waals surface area contributed by atoms with Crippen molar-refractivity contribution in [3.05, 3.63) is 131 Å². The monoisotopic (exact) mass is 904 g/mol. The molecule has 4 aromatic carbocycles. The Morgan fingerprint density at radius 2 is 1.15 bits per heavy atom. The molecule has 1 N–H and O–H groups in total. The maximum Gasteiger partial charge on any atom is 0.337 e. The van der Waals surface area contributed by atoms with Crippen LogP contribution in [0, 0.1) is 0 Å². The summed E-state index contributed by atoms with van der Waals surface area (Å²) >= 11 is 5.65. The fraction of sp³-hybridized carbons (Fsp3) is 0.409. The van der Waals surface area contributed by atoms with E-state index >= 15 is 0 Å². The number of hydrogen-bond donors (Lipinski definition) is 1. The molecule has 2 fully saturated rings. The van der Waals surface area contributed by atoms with Crippen molar-refractivity contribution in [3.8, 4) is 0 Å². The van der Waals surface area contributed by atoms with Gasteiger partial charge in [-0.1, -0.05) is 60.7 Å². The first-order valence-corrected chi connectivity index (χ1v) is 23.7. The molecule has 0 amide bonds. The summed E-state index contributed by atoms with van der Waals surface area (Å²) in [5, 5.41) is 2.90. The summed E-state index contributed by atoms with van der Waals surface area (Å²) in [6.07, 6.45) is 0.680. The molecule has 6 rings (SSSR count). The molecule has 332 valence electrons. The van der Waals surface area contributed by atoms with E-state index in [2.05, 4.69) is 10.1 Å². The highest BCUT2D eigenvalue weighted by Crippen LogP contribution is 2.24. The van der Waals surface area contributed by atoms with Crippen molar-refractivity contribution in [1.29, 1.82) is 0 Å². The number of nitrogens with zero attached hydrogens (tertiary/aromatic N) is 3. The molecule has 4 aromatic rings. The SMILES string of the molecule is COC(=O)c1ccc(CN(c2ccccc2)S(=O)(=O)CCCCl)cc1.COC(=O)c1ccc(CN(c2ccccc2)S(=O)(=O)CCCN2CC[C@H](F)C2)cc1.F[C@H]1CCNC1. The van der Waals surface area contributed by atoms with Crippen LogP contribution in [0.1, 0.15) is 57.5 Å². The molecule has 0 radical (unpaired) electrons. The van der Waals surface area contributed by atoms with Crippen molar-refractivity contribution in [1.82, 2.24) is 10.2 Å². The Kier molecular flexibility index (Phi) is 19.9. The third-order valence-electron chi connectivity index (χ3n) is 9.79. The van der Waals surface area contributed by atoms with Gasteiger partial charge in [0.1, 0.15) is 12.3 Å². The first kappa shape index (κ1) is 49.0. The Morgan fingerprint density at radius 3 is 1.49 bits per heavy atom. The van der Waals surface area contributed by atoms with Crippen molar-refractivity contribution in [2.45, 2.75) is 51.1 Å². The molecule has 0 saturated carbocycles. The largest absolute Gasteiger partial charge is 0.465 e. The summed E-state index contributed by atoms with van der Waals surface area (Å²) in [4.78, 5) is 25.1. The Hall–Kier alpha value is -4.61. The molecule has 2 saturated heterocycles. The van der Waals surface area contributed by atoms with Crippen LogP contribution in [0.4, 0.5) is 20.2 Å². The number of hydrogen-bond acceptors (Lipinski definition) is 10. The highest BCUT2D eigenvalue weighted by Gasteiger charge is 2.26. The van der Waals surface area contributed by atoms with Crippen LogP contribution < -0.4 is 13.9 Å². The highest BCUT2D eigenvalue weighted by atomic mass is 35.5. The van der Waals surface area contributed by atoms with Crippen molar-refractivity contribution in [3.63, 3.8) is 0 Å². The first-order chi connectivity index (χ1) is 29.3. The number of alkyl halides is 3. The third kappa shape index (κ3) is 16.0. The lowest BCUT2D eigenvalue weighted by Crippen LogP contribution is -2.34. The van der Waals surface area contributed by atoms with Gasteiger partial charge in [-0.05, 0) is 98.4 Å². The zero-order chi connectivity index (χ0) is 44.3. The van der Waals surface area contributed by atoms with E-state index in [1.54, 1.807) is 97.1 Å². The minimum Gasteiger partial charge on any atom is -0.465 e. The van der Waals surface area contributed by atoms with E-state index in [4.69, 9.17) is 16.3 Å². The number of ether oxygens (including phenoxy) is 2. The number of halogens is 3. The molecule has 61 heavy (non-hydrogen) atoms. The lowest BCUT2D eigenvalue weighted by molar-refractivity contribution is 0.0592. The number of carbonyl (C=O) groups excluding carboxylic acids is 2. The molecular formula is C44H55ClF2N4O8S2. The summed E-state index contributed by atoms with van der Waals surface area (Å²) < 4.78 is 89.0. The number of anilines is 2. The lowest BCUT2D eigenvalue weighted by Gasteiger charge is -2.25. The minimum atomic E-state index is -3.59.